The number of urea groups is 1. The van der Waals surface area contributed by atoms with Crippen LogP contribution in [0.3, 0.4) is 0 Å². The molecule has 15 heavy (non-hydrogen) atoms. The number of carboxylic acid groups (broad SMARTS) is 1. The lowest BCUT2D eigenvalue weighted by Crippen LogP contribution is -2.47. The maximum atomic E-state index is 11.5. The number of carboxylic acids is 1. The lowest BCUT2D eigenvalue weighted by atomic mass is 10.3. The van der Waals surface area contributed by atoms with Gasteiger partial charge in [0.1, 0.15) is 6.04 Å². The highest BCUT2D eigenvalue weighted by Gasteiger charge is 2.17. The minimum Gasteiger partial charge on any atom is -0.480 e. The third kappa shape index (κ3) is 5.21. The molecule has 0 heterocycles. The van der Waals surface area contributed by atoms with Crippen molar-refractivity contribution in [2.75, 3.05) is 19.7 Å². The van der Waals surface area contributed by atoms with Crippen molar-refractivity contribution in [3.05, 3.63) is 0 Å². The summed E-state index contributed by atoms with van der Waals surface area (Å²) in [6, 6.07) is -1.32. The third-order valence-electron chi connectivity index (χ3n) is 1.97. The first-order valence-electron chi connectivity index (χ1n) is 4.92. The van der Waals surface area contributed by atoms with Gasteiger partial charge in [-0.15, -0.1) is 0 Å². The van der Waals surface area contributed by atoms with Crippen LogP contribution in [0.1, 0.15) is 20.3 Å². The number of carbonyl (C=O) groups excluding carboxylic acids is 1. The van der Waals surface area contributed by atoms with E-state index in [0.29, 0.717) is 19.5 Å². The van der Waals surface area contributed by atoms with Gasteiger partial charge in [0.25, 0.3) is 0 Å². The van der Waals surface area contributed by atoms with E-state index in [0.717, 1.165) is 0 Å². The summed E-state index contributed by atoms with van der Waals surface area (Å²) in [5.41, 5.74) is 0. The van der Waals surface area contributed by atoms with E-state index in [4.69, 9.17) is 10.2 Å². The number of aliphatic carboxylic acids is 1. The van der Waals surface area contributed by atoms with Crippen molar-refractivity contribution in [3.8, 4) is 0 Å². The van der Waals surface area contributed by atoms with Gasteiger partial charge in [0.2, 0.25) is 0 Å². The molecule has 0 aromatic carbocycles. The number of nitrogens with one attached hydrogen (secondary N) is 1. The Kier molecular flexibility index (Phi) is 6.44. The van der Waals surface area contributed by atoms with Crippen molar-refractivity contribution < 1.29 is 19.8 Å². The maximum Gasteiger partial charge on any atom is 0.325 e. The molecule has 1 atom stereocenters. The van der Waals surface area contributed by atoms with E-state index >= 15 is 0 Å². The number of aliphatic hydroxyl groups is 1. The second-order valence-corrected chi connectivity index (χ2v) is 3.17. The lowest BCUT2D eigenvalue weighted by Gasteiger charge is -2.22. The highest BCUT2D eigenvalue weighted by molar-refractivity contribution is 5.82. The average molecular weight is 218 g/mol. The SMILES string of the molecule is CCN(CCCO)C(=O)N[C@H](C)C(=O)O. The van der Waals surface area contributed by atoms with Crippen LogP contribution in [-0.2, 0) is 4.79 Å². The zero-order valence-electron chi connectivity index (χ0n) is 9.06. The molecule has 0 fully saturated rings. The van der Waals surface area contributed by atoms with E-state index in [-0.39, 0.29) is 6.61 Å². The van der Waals surface area contributed by atoms with Gasteiger partial charge in [-0.2, -0.15) is 0 Å². The molecule has 0 unspecified atom stereocenters. The number of rotatable bonds is 6. The van der Waals surface area contributed by atoms with Crippen LogP contribution in [0.15, 0.2) is 0 Å². The van der Waals surface area contributed by atoms with E-state index < -0.39 is 18.0 Å². The van der Waals surface area contributed by atoms with Crippen LogP contribution >= 0.6 is 0 Å². The second kappa shape index (κ2) is 7.05. The summed E-state index contributed by atoms with van der Waals surface area (Å²) < 4.78 is 0. The van der Waals surface area contributed by atoms with Crippen LogP contribution in [-0.4, -0.2) is 52.9 Å². The molecule has 6 nitrogen and oxygen atoms in total. The minimum atomic E-state index is -1.07. The highest BCUT2D eigenvalue weighted by Crippen LogP contribution is 1.93. The van der Waals surface area contributed by atoms with E-state index in [1.54, 1.807) is 6.92 Å². The number of hydrogen-bond donors (Lipinski definition) is 3. The summed E-state index contributed by atoms with van der Waals surface area (Å²) in [7, 11) is 0. The fourth-order valence-corrected chi connectivity index (χ4v) is 1.00. The summed E-state index contributed by atoms with van der Waals surface area (Å²) in [5.74, 6) is -1.07. The molecule has 6 heteroatoms. The summed E-state index contributed by atoms with van der Waals surface area (Å²) in [6.07, 6.45) is 0.489. The first kappa shape index (κ1) is 13.7. The predicted molar refractivity (Wildman–Crippen MR) is 54.6 cm³/mol. The Morgan fingerprint density at radius 3 is 2.47 bits per heavy atom. The quantitative estimate of drug-likeness (QED) is 0.579. The minimum absolute atomic E-state index is 0.0122. The van der Waals surface area contributed by atoms with Crippen molar-refractivity contribution in [2.45, 2.75) is 26.3 Å². The molecule has 3 N–H and O–H groups in total. The maximum absolute atomic E-state index is 11.5. The number of carbonyl (C=O) groups is 2. The van der Waals surface area contributed by atoms with Gasteiger partial charge in [-0.05, 0) is 20.3 Å². The second-order valence-electron chi connectivity index (χ2n) is 3.17. The van der Waals surface area contributed by atoms with Gasteiger partial charge in [-0.1, -0.05) is 0 Å². The number of amides is 2. The molecule has 0 aliphatic heterocycles. The van der Waals surface area contributed by atoms with E-state index in [9.17, 15) is 9.59 Å². The Bertz CT molecular complexity index is 220. The molecule has 0 aromatic rings. The van der Waals surface area contributed by atoms with E-state index in [2.05, 4.69) is 5.32 Å². The Balaban J connectivity index is 4.09. The van der Waals surface area contributed by atoms with E-state index in [1.165, 1.54) is 11.8 Å². The van der Waals surface area contributed by atoms with Crippen LogP contribution in [0, 0.1) is 0 Å². The third-order valence-corrected chi connectivity index (χ3v) is 1.97. The number of aliphatic hydroxyl groups excluding tert-OH is 1. The van der Waals surface area contributed by atoms with Gasteiger partial charge < -0.3 is 20.4 Å². The normalized spacial score (nSPS) is 11.9. The van der Waals surface area contributed by atoms with Gasteiger partial charge in [0.05, 0.1) is 0 Å². The average Bonchev–Trinajstić information content (AvgIpc) is 2.18. The Labute approximate surface area is 88.9 Å². The zero-order chi connectivity index (χ0) is 11.8. The molecule has 0 rings (SSSR count). The van der Waals surface area contributed by atoms with Gasteiger partial charge >= 0.3 is 12.0 Å². The standard InChI is InChI=1S/C9H18N2O4/c1-3-11(5-4-6-12)9(15)10-7(2)8(13)14/h7,12H,3-6H2,1-2H3,(H,10,15)(H,13,14)/t7-/m1/s1. The van der Waals surface area contributed by atoms with Crippen LogP contribution in [0.25, 0.3) is 0 Å². The molecular weight excluding hydrogens is 200 g/mol. The summed E-state index contributed by atoms with van der Waals surface area (Å²) >= 11 is 0. The molecule has 0 bridgehead atoms. The first-order valence-corrected chi connectivity index (χ1v) is 4.92. The fraction of sp³-hybridized carbons (Fsp3) is 0.778. The van der Waals surface area contributed by atoms with Gasteiger partial charge in [0, 0.05) is 19.7 Å². The molecule has 0 aliphatic carbocycles. The number of hydrogen-bond acceptors (Lipinski definition) is 3. The zero-order valence-corrected chi connectivity index (χ0v) is 9.06. The number of nitrogens with zero attached hydrogens (tertiary/aromatic N) is 1. The summed E-state index contributed by atoms with van der Waals surface area (Å²) in [5, 5.41) is 19.5. The van der Waals surface area contributed by atoms with Gasteiger partial charge in [-0.3, -0.25) is 4.79 Å². The van der Waals surface area contributed by atoms with Crippen molar-refractivity contribution in [3.63, 3.8) is 0 Å². The van der Waals surface area contributed by atoms with Crippen LogP contribution in [0.5, 0.6) is 0 Å². The van der Waals surface area contributed by atoms with Crippen LogP contribution in [0.4, 0.5) is 4.79 Å². The largest absolute Gasteiger partial charge is 0.480 e. The Morgan fingerprint density at radius 2 is 2.07 bits per heavy atom. The highest BCUT2D eigenvalue weighted by atomic mass is 16.4. The summed E-state index contributed by atoms with van der Waals surface area (Å²) in [4.78, 5) is 23.4. The molecule has 0 aromatic heterocycles. The molecule has 0 spiro atoms. The van der Waals surface area contributed by atoms with Crippen LogP contribution < -0.4 is 5.32 Å². The Hall–Kier alpha value is -1.30. The molecule has 88 valence electrons. The topological polar surface area (TPSA) is 89.9 Å². The van der Waals surface area contributed by atoms with Crippen molar-refractivity contribution in [2.24, 2.45) is 0 Å². The lowest BCUT2D eigenvalue weighted by molar-refractivity contribution is -0.138. The molecule has 0 saturated heterocycles. The van der Waals surface area contributed by atoms with E-state index in [1.807, 2.05) is 0 Å². The Morgan fingerprint density at radius 1 is 1.47 bits per heavy atom. The van der Waals surface area contributed by atoms with Crippen molar-refractivity contribution in [1.29, 1.82) is 0 Å². The first-order chi connectivity index (χ1) is 7.02. The molecular formula is C9H18N2O4. The van der Waals surface area contributed by atoms with Gasteiger partial charge in [-0.25, -0.2) is 4.79 Å². The van der Waals surface area contributed by atoms with Crippen molar-refractivity contribution in [1.82, 2.24) is 10.2 Å². The molecule has 0 saturated carbocycles. The van der Waals surface area contributed by atoms with Crippen LogP contribution in [0.2, 0.25) is 0 Å². The monoisotopic (exact) mass is 218 g/mol. The molecule has 0 radical (unpaired) electrons. The molecule has 2 amide bonds. The fourth-order valence-electron chi connectivity index (χ4n) is 1.00. The smallest absolute Gasteiger partial charge is 0.325 e. The predicted octanol–water partition coefficient (Wildman–Crippen LogP) is -0.127. The van der Waals surface area contributed by atoms with Crippen molar-refractivity contribution >= 4 is 12.0 Å². The summed E-state index contributed by atoms with van der Waals surface area (Å²) in [6.45, 7) is 4.12. The molecule has 0 aliphatic rings. The van der Waals surface area contributed by atoms with Gasteiger partial charge in [0.15, 0.2) is 0 Å².